The fourth-order valence-electron chi connectivity index (χ4n) is 5.53. The minimum atomic E-state index is -1.07. The summed E-state index contributed by atoms with van der Waals surface area (Å²) >= 11 is 0. The lowest BCUT2D eigenvalue weighted by Crippen LogP contribution is -2.60. The highest BCUT2D eigenvalue weighted by Crippen LogP contribution is 2.37. The molecular weight excluding hydrogens is 612 g/mol. The van der Waals surface area contributed by atoms with E-state index in [2.05, 4.69) is 5.32 Å². The van der Waals surface area contributed by atoms with Gasteiger partial charge in [-0.3, -0.25) is 14.5 Å². The Morgan fingerprint density at radius 3 is 2.23 bits per heavy atom. The summed E-state index contributed by atoms with van der Waals surface area (Å²) in [6, 6.07) is 12.2. The second-order valence-corrected chi connectivity index (χ2v) is 11.7. The van der Waals surface area contributed by atoms with E-state index in [-0.39, 0.29) is 54.6 Å². The molecule has 14 heteroatoms. The van der Waals surface area contributed by atoms with E-state index in [1.807, 2.05) is 0 Å². The number of rotatable bonds is 8. The molecule has 1 fully saturated rings. The fraction of sp³-hybridized carbons (Fsp3) is 0.333. The quantitative estimate of drug-likeness (QED) is 0.293. The average Bonchev–Trinajstić information content (AvgIpc) is 3.05. The van der Waals surface area contributed by atoms with Crippen molar-refractivity contribution >= 4 is 34.2 Å². The molecule has 0 aliphatic carbocycles. The smallest absolute Gasteiger partial charge is 0.327 e. The molecule has 1 aromatic heterocycles. The van der Waals surface area contributed by atoms with Gasteiger partial charge >= 0.3 is 6.03 Å². The van der Waals surface area contributed by atoms with Gasteiger partial charge in [-0.05, 0) is 69.3 Å². The first-order chi connectivity index (χ1) is 22.3. The van der Waals surface area contributed by atoms with Crippen LogP contribution in [0.25, 0.3) is 10.9 Å². The molecule has 248 valence electrons. The van der Waals surface area contributed by atoms with E-state index in [1.165, 1.54) is 60.2 Å². The first-order valence-electron chi connectivity index (χ1n) is 15.0. The first kappa shape index (κ1) is 33.1. The second-order valence-electron chi connectivity index (χ2n) is 11.7. The van der Waals surface area contributed by atoms with Crippen molar-refractivity contribution in [3.63, 3.8) is 0 Å². The predicted octanol–water partition coefficient (Wildman–Crippen LogP) is 4.01. The van der Waals surface area contributed by atoms with Crippen LogP contribution in [0.2, 0.25) is 0 Å². The molecular formula is C33H37F2N7O5. The SMILES string of the molecule is COc1ccc(N(C(=O)Nc2ccc(F)cc2)C(C)c2nc3cc(F)ccc3c(=O)n2N2CCN(C(=O)C(C)(C)N)CC2)c(OC)c1. The number of aromatic nitrogens is 2. The number of benzene rings is 3. The number of amides is 3. The van der Waals surface area contributed by atoms with E-state index >= 15 is 0 Å². The van der Waals surface area contributed by atoms with Crippen LogP contribution in [0.4, 0.5) is 25.0 Å². The molecule has 12 nitrogen and oxygen atoms in total. The number of piperazine rings is 1. The zero-order valence-corrected chi connectivity index (χ0v) is 26.8. The van der Waals surface area contributed by atoms with Crippen LogP contribution in [0.5, 0.6) is 11.5 Å². The Morgan fingerprint density at radius 2 is 1.62 bits per heavy atom. The number of fused-ring (bicyclic) bond motifs is 1. The number of nitrogens with zero attached hydrogens (tertiary/aromatic N) is 5. The van der Waals surface area contributed by atoms with Crippen molar-refractivity contribution in [3.8, 4) is 11.5 Å². The first-order valence-corrected chi connectivity index (χ1v) is 15.0. The normalized spacial score (nSPS) is 14.1. The topological polar surface area (TPSA) is 135 Å². The minimum Gasteiger partial charge on any atom is -0.497 e. The standard InChI is InChI=1S/C33H37F2N7O5/c1-20(41(27-13-11-24(46-4)19-28(27)47-5)32(45)37-23-9-6-21(34)7-10-23)29-38-26-18-22(35)8-12-25(26)30(43)42(29)40-16-14-39(15-17-40)31(44)33(2,3)36/h6-13,18-20H,14-17,36H2,1-5H3,(H,37,45). The molecule has 1 atom stereocenters. The van der Waals surface area contributed by atoms with E-state index in [0.717, 1.165) is 6.07 Å². The van der Waals surface area contributed by atoms with E-state index in [4.69, 9.17) is 20.2 Å². The van der Waals surface area contributed by atoms with Gasteiger partial charge in [0.15, 0.2) is 5.82 Å². The van der Waals surface area contributed by atoms with Gasteiger partial charge in [0, 0.05) is 30.9 Å². The molecule has 3 aromatic carbocycles. The van der Waals surface area contributed by atoms with Crippen molar-refractivity contribution in [1.29, 1.82) is 0 Å². The summed E-state index contributed by atoms with van der Waals surface area (Å²) in [5.74, 6) is -0.401. The van der Waals surface area contributed by atoms with Crippen LogP contribution in [0.1, 0.15) is 32.6 Å². The lowest BCUT2D eigenvalue weighted by atomic mass is 10.1. The number of urea groups is 1. The maximum atomic E-state index is 14.4. The highest BCUT2D eigenvalue weighted by atomic mass is 19.1. The van der Waals surface area contributed by atoms with Crippen molar-refractivity contribution in [1.82, 2.24) is 14.6 Å². The summed E-state index contributed by atoms with van der Waals surface area (Å²) in [5.41, 5.74) is 5.24. The van der Waals surface area contributed by atoms with Gasteiger partial charge in [0.05, 0.1) is 55.5 Å². The fourth-order valence-corrected chi connectivity index (χ4v) is 5.53. The Bertz CT molecular complexity index is 1850. The van der Waals surface area contributed by atoms with Crippen LogP contribution in [-0.4, -0.2) is 72.4 Å². The van der Waals surface area contributed by atoms with Crippen LogP contribution in [0, 0.1) is 11.6 Å². The number of nitrogens with one attached hydrogen (secondary N) is 1. The summed E-state index contributed by atoms with van der Waals surface area (Å²) in [7, 11) is 2.93. The maximum Gasteiger partial charge on any atom is 0.327 e. The molecule has 0 spiro atoms. The zero-order valence-electron chi connectivity index (χ0n) is 26.8. The number of ether oxygens (including phenoxy) is 2. The van der Waals surface area contributed by atoms with Crippen molar-refractivity contribution in [2.75, 3.05) is 55.6 Å². The van der Waals surface area contributed by atoms with Gasteiger partial charge in [0.25, 0.3) is 5.56 Å². The van der Waals surface area contributed by atoms with E-state index in [9.17, 15) is 23.2 Å². The third-order valence-corrected chi connectivity index (χ3v) is 7.93. The molecule has 4 aromatic rings. The molecule has 2 heterocycles. The Hall–Kier alpha value is -5.24. The summed E-state index contributed by atoms with van der Waals surface area (Å²) in [5, 5.41) is 4.70. The number of carbonyl (C=O) groups excluding carboxylic acids is 2. The largest absolute Gasteiger partial charge is 0.497 e. The summed E-state index contributed by atoms with van der Waals surface area (Å²) in [4.78, 5) is 48.9. The number of hydrogen-bond donors (Lipinski definition) is 2. The van der Waals surface area contributed by atoms with E-state index < -0.39 is 34.8 Å². The zero-order chi connectivity index (χ0) is 34.0. The molecule has 3 amide bonds. The van der Waals surface area contributed by atoms with Crippen molar-refractivity contribution in [2.45, 2.75) is 32.4 Å². The highest BCUT2D eigenvalue weighted by Gasteiger charge is 2.34. The van der Waals surface area contributed by atoms with Gasteiger partial charge in [-0.2, -0.15) is 0 Å². The van der Waals surface area contributed by atoms with Crippen LogP contribution in [0.3, 0.4) is 0 Å². The number of nitrogens with two attached hydrogens (primary N) is 1. The number of methoxy groups -OCH3 is 2. The lowest BCUT2D eigenvalue weighted by molar-refractivity contribution is -0.136. The number of carbonyl (C=O) groups is 2. The van der Waals surface area contributed by atoms with E-state index in [1.54, 1.807) is 48.9 Å². The van der Waals surface area contributed by atoms with Gasteiger partial charge in [-0.15, -0.1) is 0 Å². The third-order valence-electron chi connectivity index (χ3n) is 7.93. The molecule has 5 rings (SSSR count). The van der Waals surface area contributed by atoms with Crippen molar-refractivity contribution in [2.24, 2.45) is 5.73 Å². The van der Waals surface area contributed by atoms with Crippen LogP contribution < -0.4 is 36.0 Å². The van der Waals surface area contributed by atoms with Crippen molar-refractivity contribution < 1.29 is 27.8 Å². The molecule has 47 heavy (non-hydrogen) atoms. The lowest BCUT2D eigenvalue weighted by Gasteiger charge is -2.40. The van der Waals surface area contributed by atoms with Crippen LogP contribution in [-0.2, 0) is 4.79 Å². The summed E-state index contributed by atoms with van der Waals surface area (Å²) < 4.78 is 40.5. The van der Waals surface area contributed by atoms with Gasteiger partial charge < -0.3 is 30.4 Å². The van der Waals surface area contributed by atoms with Crippen LogP contribution in [0.15, 0.2) is 65.5 Å². The predicted molar refractivity (Wildman–Crippen MR) is 175 cm³/mol. The number of anilines is 2. The van der Waals surface area contributed by atoms with Crippen LogP contribution >= 0.6 is 0 Å². The summed E-state index contributed by atoms with van der Waals surface area (Å²) in [6.07, 6.45) is 0. The van der Waals surface area contributed by atoms with Gasteiger partial charge in [0.2, 0.25) is 5.91 Å². The van der Waals surface area contributed by atoms with Gasteiger partial charge in [-0.25, -0.2) is 23.2 Å². The van der Waals surface area contributed by atoms with Gasteiger partial charge in [0.1, 0.15) is 23.1 Å². The highest BCUT2D eigenvalue weighted by molar-refractivity contribution is 6.03. The number of halogens is 2. The Kier molecular flexibility index (Phi) is 9.33. The van der Waals surface area contributed by atoms with Crippen molar-refractivity contribution in [3.05, 3.63) is 88.5 Å². The molecule has 0 bridgehead atoms. The number of hydrogen-bond acceptors (Lipinski definition) is 8. The minimum absolute atomic E-state index is 0.104. The molecule has 1 unspecified atom stereocenters. The molecule has 1 aliphatic heterocycles. The molecule has 3 N–H and O–H groups in total. The molecule has 0 radical (unpaired) electrons. The third kappa shape index (κ3) is 6.82. The Labute approximate surface area is 270 Å². The Balaban J connectivity index is 1.64. The average molecular weight is 650 g/mol. The monoisotopic (exact) mass is 649 g/mol. The summed E-state index contributed by atoms with van der Waals surface area (Å²) in [6.45, 7) is 6.01. The molecule has 1 saturated heterocycles. The van der Waals surface area contributed by atoms with E-state index in [0.29, 0.717) is 17.1 Å². The Morgan fingerprint density at radius 1 is 0.957 bits per heavy atom. The van der Waals surface area contributed by atoms with Gasteiger partial charge in [-0.1, -0.05) is 0 Å². The molecule has 0 saturated carbocycles. The molecule has 1 aliphatic rings. The maximum absolute atomic E-state index is 14.4. The second kappa shape index (κ2) is 13.2.